The van der Waals surface area contributed by atoms with Gasteiger partial charge in [0, 0.05) is 19.6 Å². The summed E-state index contributed by atoms with van der Waals surface area (Å²) in [6.45, 7) is 8.18. The van der Waals surface area contributed by atoms with E-state index in [0.717, 1.165) is 30.2 Å². The highest BCUT2D eigenvalue weighted by atomic mass is 127. The molecular weight excluding hydrogens is 391 g/mol. The van der Waals surface area contributed by atoms with Crippen molar-refractivity contribution in [1.82, 2.24) is 25.4 Å². The number of rotatable bonds is 4. The minimum Gasteiger partial charge on any atom is -0.357 e. The van der Waals surface area contributed by atoms with E-state index in [1.807, 2.05) is 7.05 Å². The summed E-state index contributed by atoms with van der Waals surface area (Å²) >= 11 is 0. The standard InChI is InChI=1S/C15H28N6.HI/c1-5-16-15(17-9-14-18-10-19-21(14)4)20-13-7-11(2)6-12(3)8-13;/h10-13H,5-9H2,1-4H3,(H2,16,17,20);1H. The number of halogens is 1. The molecule has 6 nitrogen and oxygen atoms in total. The third-order valence-corrected chi connectivity index (χ3v) is 4.05. The van der Waals surface area contributed by atoms with Crippen molar-refractivity contribution in [1.29, 1.82) is 0 Å². The van der Waals surface area contributed by atoms with Crippen LogP contribution in [0.15, 0.2) is 11.3 Å². The summed E-state index contributed by atoms with van der Waals surface area (Å²) in [6, 6.07) is 0.515. The Hall–Kier alpha value is -0.860. The van der Waals surface area contributed by atoms with Crippen LogP contribution in [0.1, 0.15) is 45.9 Å². The molecule has 22 heavy (non-hydrogen) atoms. The van der Waals surface area contributed by atoms with Crippen LogP contribution in [0.4, 0.5) is 0 Å². The van der Waals surface area contributed by atoms with E-state index in [1.54, 1.807) is 11.0 Å². The minimum atomic E-state index is 0. The first kappa shape index (κ1) is 19.2. The van der Waals surface area contributed by atoms with Crippen molar-refractivity contribution < 1.29 is 0 Å². The SMILES string of the molecule is CCNC(=NCc1ncnn1C)NC1CC(C)CC(C)C1.I. The van der Waals surface area contributed by atoms with Gasteiger partial charge >= 0.3 is 0 Å². The summed E-state index contributed by atoms with van der Waals surface area (Å²) in [4.78, 5) is 8.84. The fourth-order valence-electron chi connectivity index (χ4n) is 3.19. The van der Waals surface area contributed by atoms with E-state index in [0.29, 0.717) is 12.6 Å². The monoisotopic (exact) mass is 420 g/mol. The summed E-state index contributed by atoms with van der Waals surface area (Å²) in [7, 11) is 1.89. The van der Waals surface area contributed by atoms with Crippen LogP contribution in [-0.2, 0) is 13.6 Å². The van der Waals surface area contributed by atoms with Gasteiger partial charge in [-0.05, 0) is 38.0 Å². The van der Waals surface area contributed by atoms with Gasteiger partial charge in [0.25, 0.3) is 0 Å². The highest BCUT2D eigenvalue weighted by Crippen LogP contribution is 2.28. The van der Waals surface area contributed by atoms with Crippen LogP contribution in [0.5, 0.6) is 0 Å². The Balaban J connectivity index is 0.00000242. The van der Waals surface area contributed by atoms with Gasteiger partial charge in [-0.1, -0.05) is 13.8 Å². The lowest BCUT2D eigenvalue weighted by atomic mass is 9.80. The molecule has 1 fully saturated rings. The van der Waals surface area contributed by atoms with E-state index in [2.05, 4.69) is 46.5 Å². The van der Waals surface area contributed by atoms with Crippen molar-refractivity contribution >= 4 is 29.9 Å². The zero-order chi connectivity index (χ0) is 15.2. The van der Waals surface area contributed by atoms with Crippen LogP contribution in [0.25, 0.3) is 0 Å². The second-order valence-corrected chi connectivity index (χ2v) is 6.25. The zero-order valence-corrected chi connectivity index (χ0v) is 16.4. The van der Waals surface area contributed by atoms with E-state index in [9.17, 15) is 0 Å². The van der Waals surface area contributed by atoms with Crippen LogP contribution in [0.3, 0.4) is 0 Å². The molecule has 1 aliphatic carbocycles. The van der Waals surface area contributed by atoms with Gasteiger partial charge in [-0.25, -0.2) is 9.98 Å². The second kappa shape index (κ2) is 9.32. The van der Waals surface area contributed by atoms with Crippen LogP contribution >= 0.6 is 24.0 Å². The fraction of sp³-hybridized carbons (Fsp3) is 0.800. The second-order valence-electron chi connectivity index (χ2n) is 6.25. The van der Waals surface area contributed by atoms with E-state index < -0.39 is 0 Å². The Bertz CT molecular complexity index is 462. The van der Waals surface area contributed by atoms with E-state index in [-0.39, 0.29) is 24.0 Å². The summed E-state index contributed by atoms with van der Waals surface area (Å²) in [6.07, 6.45) is 5.35. The topological polar surface area (TPSA) is 67.1 Å². The Morgan fingerprint density at radius 3 is 2.55 bits per heavy atom. The summed E-state index contributed by atoms with van der Waals surface area (Å²) in [5, 5.41) is 11.0. The summed E-state index contributed by atoms with van der Waals surface area (Å²) in [5.41, 5.74) is 0. The van der Waals surface area contributed by atoms with Gasteiger partial charge in [0.2, 0.25) is 0 Å². The fourth-order valence-corrected chi connectivity index (χ4v) is 3.19. The van der Waals surface area contributed by atoms with Gasteiger partial charge in [-0.2, -0.15) is 5.10 Å². The molecule has 1 aromatic rings. The molecule has 0 spiro atoms. The molecule has 0 saturated heterocycles. The lowest BCUT2D eigenvalue weighted by Crippen LogP contribution is -2.46. The number of aromatic nitrogens is 3. The maximum atomic E-state index is 4.63. The van der Waals surface area contributed by atoms with E-state index >= 15 is 0 Å². The number of guanidine groups is 1. The number of aryl methyl sites for hydroxylation is 1. The van der Waals surface area contributed by atoms with Crippen LogP contribution in [-0.4, -0.2) is 33.3 Å². The maximum absolute atomic E-state index is 4.63. The number of hydrogen-bond acceptors (Lipinski definition) is 3. The Morgan fingerprint density at radius 1 is 1.32 bits per heavy atom. The minimum absolute atomic E-state index is 0. The summed E-state index contributed by atoms with van der Waals surface area (Å²) in [5.74, 6) is 3.32. The lowest BCUT2D eigenvalue weighted by molar-refractivity contribution is 0.255. The van der Waals surface area contributed by atoms with E-state index in [4.69, 9.17) is 0 Å². The molecule has 1 saturated carbocycles. The average Bonchev–Trinajstić information content (AvgIpc) is 2.80. The number of hydrogen-bond donors (Lipinski definition) is 2. The Kier molecular flexibility index (Phi) is 8.13. The van der Waals surface area contributed by atoms with Gasteiger partial charge in [0.05, 0.1) is 0 Å². The molecule has 2 rings (SSSR count). The molecule has 0 aliphatic heterocycles. The Morgan fingerprint density at radius 2 is 2.00 bits per heavy atom. The maximum Gasteiger partial charge on any atom is 0.191 e. The molecule has 0 aromatic carbocycles. The third-order valence-electron chi connectivity index (χ3n) is 4.05. The predicted molar refractivity (Wildman–Crippen MR) is 100 cm³/mol. The quantitative estimate of drug-likeness (QED) is 0.446. The van der Waals surface area contributed by atoms with Crippen molar-refractivity contribution in [2.75, 3.05) is 6.54 Å². The number of nitrogens with zero attached hydrogens (tertiary/aromatic N) is 4. The molecule has 126 valence electrons. The molecule has 1 heterocycles. The molecule has 7 heteroatoms. The normalized spacial score (nSPS) is 25.5. The van der Waals surface area contributed by atoms with Crippen molar-refractivity contribution in [3.05, 3.63) is 12.2 Å². The molecule has 0 bridgehead atoms. The van der Waals surface area contributed by atoms with Gasteiger partial charge in [0.15, 0.2) is 5.96 Å². The van der Waals surface area contributed by atoms with Crippen LogP contribution < -0.4 is 10.6 Å². The van der Waals surface area contributed by atoms with Gasteiger partial charge in [-0.15, -0.1) is 24.0 Å². The molecule has 0 amide bonds. The highest BCUT2D eigenvalue weighted by molar-refractivity contribution is 14.0. The average molecular weight is 420 g/mol. The van der Waals surface area contributed by atoms with Crippen molar-refractivity contribution in [3.63, 3.8) is 0 Å². The van der Waals surface area contributed by atoms with Gasteiger partial charge in [-0.3, -0.25) is 4.68 Å². The third kappa shape index (κ3) is 5.73. The van der Waals surface area contributed by atoms with Crippen molar-refractivity contribution in [2.24, 2.45) is 23.9 Å². The first-order valence-electron chi connectivity index (χ1n) is 7.96. The summed E-state index contributed by atoms with van der Waals surface area (Å²) < 4.78 is 1.76. The van der Waals surface area contributed by atoms with Crippen molar-refractivity contribution in [2.45, 2.75) is 52.6 Å². The van der Waals surface area contributed by atoms with Crippen LogP contribution in [0.2, 0.25) is 0 Å². The molecule has 1 aromatic heterocycles. The molecule has 2 N–H and O–H groups in total. The molecule has 1 aliphatic rings. The first-order chi connectivity index (χ1) is 10.1. The van der Waals surface area contributed by atoms with Gasteiger partial charge < -0.3 is 10.6 Å². The molecule has 2 unspecified atom stereocenters. The van der Waals surface area contributed by atoms with Gasteiger partial charge in [0.1, 0.15) is 18.7 Å². The smallest absolute Gasteiger partial charge is 0.191 e. The first-order valence-corrected chi connectivity index (χ1v) is 7.96. The van der Waals surface area contributed by atoms with Crippen molar-refractivity contribution in [3.8, 4) is 0 Å². The van der Waals surface area contributed by atoms with Crippen LogP contribution in [0, 0.1) is 11.8 Å². The predicted octanol–water partition coefficient (Wildman–Crippen LogP) is 2.31. The largest absolute Gasteiger partial charge is 0.357 e. The lowest BCUT2D eigenvalue weighted by Gasteiger charge is -2.32. The molecular formula is C15H29IN6. The molecule has 0 radical (unpaired) electrons. The number of aliphatic imine (C=N–C) groups is 1. The molecule has 2 atom stereocenters. The Labute approximate surface area is 150 Å². The highest BCUT2D eigenvalue weighted by Gasteiger charge is 2.24. The van der Waals surface area contributed by atoms with E-state index in [1.165, 1.54) is 19.3 Å². The zero-order valence-electron chi connectivity index (χ0n) is 14.0. The number of nitrogens with one attached hydrogen (secondary N) is 2.